The Labute approximate surface area is 159 Å². The molecule has 0 spiro atoms. The van der Waals surface area contributed by atoms with Gasteiger partial charge in [0.15, 0.2) is 0 Å². The smallest absolute Gasteiger partial charge is 0.319 e. The summed E-state index contributed by atoms with van der Waals surface area (Å²) in [5, 5.41) is 9.74. The molecular formula is C20H26N4O3. The maximum absolute atomic E-state index is 12.5. The molecule has 1 saturated heterocycles. The third-order valence-electron chi connectivity index (χ3n) is 4.98. The van der Waals surface area contributed by atoms with Crippen LogP contribution in [-0.2, 0) is 11.2 Å². The third-order valence-corrected chi connectivity index (χ3v) is 4.98. The molecule has 3 rings (SSSR count). The minimum Gasteiger partial charge on any atom is -0.361 e. The van der Waals surface area contributed by atoms with Crippen molar-refractivity contribution in [3.05, 3.63) is 47.3 Å². The molecule has 27 heavy (non-hydrogen) atoms. The fraction of sp³-hybridized carbons (Fsp3) is 0.450. The summed E-state index contributed by atoms with van der Waals surface area (Å²) >= 11 is 0. The lowest BCUT2D eigenvalue weighted by atomic mass is 10.0. The van der Waals surface area contributed by atoms with E-state index in [1.807, 2.05) is 49.1 Å². The second-order valence-corrected chi connectivity index (χ2v) is 6.92. The number of nitrogens with one attached hydrogen (secondary N) is 2. The number of carbonyl (C=O) groups excluding carboxylic acids is 2. The molecule has 7 heteroatoms. The van der Waals surface area contributed by atoms with E-state index < -0.39 is 0 Å². The second-order valence-electron chi connectivity index (χ2n) is 6.92. The number of piperidine rings is 1. The topological polar surface area (TPSA) is 87.5 Å². The van der Waals surface area contributed by atoms with E-state index in [9.17, 15) is 9.59 Å². The van der Waals surface area contributed by atoms with Gasteiger partial charge in [-0.1, -0.05) is 23.4 Å². The number of likely N-dealkylation sites (tertiary alicyclic amines) is 1. The number of hydrogen-bond acceptors (Lipinski definition) is 4. The van der Waals surface area contributed by atoms with Crippen LogP contribution >= 0.6 is 0 Å². The van der Waals surface area contributed by atoms with E-state index in [1.54, 1.807) is 0 Å². The molecular weight excluding hydrogens is 344 g/mol. The van der Waals surface area contributed by atoms with E-state index in [-0.39, 0.29) is 18.0 Å². The minimum absolute atomic E-state index is 0.0836. The van der Waals surface area contributed by atoms with Crippen LogP contribution in [-0.4, -0.2) is 41.1 Å². The number of benzene rings is 1. The van der Waals surface area contributed by atoms with Crippen LogP contribution in [0.1, 0.15) is 36.3 Å². The van der Waals surface area contributed by atoms with E-state index in [1.165, 1.54) is 0 Å². The van der Waals surface area contributed by atoms with Crippen molar-refractivity contribution in [2.45, 2.75) is 45.6 Å². The predicted octanol–water partition coefficient (Wildman–Crippen LogP) is 3.04. The van der Waals surface area contributed by atoms with Gasteiger partial charge in [-0.15, -0.1) is 0 Å². The Morgan fingerprint density at radius 3 is 2.52 bits per heavy atom. The minimum atomic E-state index is -0.204. The molecule has 0 atom stereocenters. The van der Waals surface area contributed by atoms with Gasteiger partial charge in [-0.2, -0.15) is 0 Å². The average molecular weight is 370 g/mol. The highest BCUT2D eigenvalue weighted by Gasteiger charge is 2.24. The normalized spacial score (nSPS) is 14.8. The maximum atomic E-state index is 12.5. The Balaban J connectivity index is 1.40. The molecule has 0 bridgehead atoms. The van der Waals surface area contributed by atoms with Gasteiger partial charge >= 0.3 is 6.03 Å². The number of amides is 3. The first-order chi connectivity index (χ1) is 13.0. The Morgan fingerprint density at radius 1 is 1.19 bits per heavy atom. The van der Waals surface area contributed by atoms with Crippen molar-refractivity contribution in [2.24, 2.45) is 0 Å². The zero-order valence-corrected chi connectivity index (χ0v) is 15.8. The zero-order chi connectivity index (χ0) is 19.2. The Kier molecular flexibility index (Phi) is 6.11. The number of aryl methyl sites for hydroxylation is 2. The molecule has 1 aliphatic heterocycles. The summed E-state index contributed by atoms with van der Waals surface area (Å²) in [7, 11) is 0. The molecule has 7 nitrogen and oxygen atoms in total. The van der Waals surface area contributed by atoms with Gasteiger partial charge in [0.05, 0.1) is 5.69 Å². The highest BCUT2D eigenvalue weighted by molar-refractivity contribution is 5.89. The van der Waals surface area contributed by atoms with Gasteiger partial charge in [0.25, 0.3) is 0 Å². The van der Waals surface area contributed by atoms with Crippen molar-refractivity contribution >= 4 is 17.6 Å². The molecule has 1 aromatic carbocycles. The monoisotopic (exact) mass is 370 g/mol. The van der Waals surface area contributed by atoms with Gasteiger partial charge < -0.3 is 20.1 Å². The number of urea groups is 1. The van der Waals surface area contributed by atoms with Gasteiger partial charge in [0.1, 0.15) is 5.76 Å². The quantitative estimate of drug-likeness (QED) is 0.847. The molecule has 1 fully saturated rings. The van der Waals surface area contributed by atoms with Crippen molar-refractivity contribution in [3.63, 3.8) is 0 Å². The summed E-state index contributed by atoms with van der Waals surface area (Å²) in [6.45, 7) is 5.10. The number of anilines is 1. The average Bonchev–Trinajstić information content (AvgIpc) is 2.99. The van der Waals surface area contributed by atoms with Gasteiger partial charge in [-0.3, -0.25) is 4.79 Å². The first kappa shape index (κ1) is 18.9. The van der Waals surface area contributed by atoms with E-state index in [0.717, 1.165) is 35.5 Å². The summed E-state index contributed by atoms with van der Waals surface area (Å²) in [5.41, 5.74) is 2.65. The number of para-hydroxylation sites is 1. The largest absolute Gasteiger partial charge is 0.361 e. The highest BCUT2D eigenvalue weighted by atomic mass is 16.5. The van der Waals surface area contributed by atoms with Crippen molar-refractivity contribution in [2.75, 3.05) is 18.4 Å². The molecule has 144 valence electrons. The first-order valence-electron chi connectivity index (χ1n) is 9.35. The van der Waals surface area contributed by atoms with Crippen molar-refractivity contribution in [3.8, 4) is 0 Å². The fourth-order valence-electron chi connectivity index (χ4n) is 3.40. The Hall–Kier alpha value is -2.83. The molecule has 2 heterocycles. The van der Waals surface area contributed by atoms with Gasteiger partial charge in [-0.25, -0.2) is 4.79 Å². The van der Waals surface area contributed by atoms with Gasteiger partial charge in [0.2, 0.25) is 5.91 Å². The van der Waals surface area contributed by atoms with Crippen molar-refractivity contribution < 1.29 is 14.1 Å². The standard InChI is InChI=1S/C20H26N4O3/c1-14-18(15(2)27-23-14)8-9-19(25)24-12-10-17(11-13-24)22-20(26)21-16-6-4-3-5-7-16/h3-7,17H,8-13H2,1-2H3,(H2,21,22,26). The predicted molar refractivity (Wildman–Crippen MR) is 102 cm³/mol. The fourth-order valence-corrected chi connectivity index (χ4v) is 3.40. The van der Waals surface area contributed by atoms with E-state index in [0.29, 0.717) is 25.9 Å². The van der Waals surface area contributed by atoms with Gasteiger partial charge in [0, 0.05) is 36.8 Å². The van der Waals surface area contributed by atoms with Crippen molar-refractivity contribution in [1.29, 1.82) is 0 Å². The molecule has 2 N–H and O–H groups in total. The SMILES string of the molecule is Cc1noc(C)c1CCC(=O)N1CCC(NC(=O)Nc2ccccc2)CC1. The van der Waals surface area contributed by atoms with Crippen molar-refractivity contribution in [1.82, 2.24) is 15.4 Å². The highest BCUT2D eigenvalue weighted by Crippen LogP contribution is 2.17. The summed E-state index contributed by atoms with van der Waals surface area (Å²) < 4.78 is 5.15. The van der Waals surface area contributed by atoms with E-state index in [4.69, 9.17) is 4.52 Å². The Bertz CT molecular complexity index is 760. The van der Waals surface area contributed by atoms with Crippen LogP contribution in [0.3, 0.4) is 0 Å². The Morgan fingerprint density at radius 2 is 1.89 bits per heavy atom. The lowest BCUT2D eigenvalue weighted by Crippen LogP contribution is -2.47. The molecule has 0 aliphatic carbocycles. The van der Waals surface area contributed by atoms with E-state index >= 15 is 0 Å². The molecule has 2 aromatic rings. The second kappa shape index (κ2) is 8.70. The first-order valence-corrected chi connectivity index (χ1v) is 9.35. The third kappa shape index (κ3) is 5.09. The molecule has 0 saturated carbocycles. The molecule has 0 unspecified atom stereocenters. The number of nitrogens with zero attached hydrogens (tertiary/aromatic N) is 2. The number of hydrogen-bond donors (Lipinski definition) is 2. The summed E-state index contributed by atoms with van der Waals surface area (Å²) in [4.78, 5) is 26.4. The van der Waals surface area contributed by atoms with E-state index in [2.05, 4.69) is 15.8 Å². The van der Waals surface area contributed by atoms with Crippen LogP contribution in [0.2, 0.25) is 0 Å². The number of aromatic nitrogens is 1. The molecule has 1 aromatic heterocycles. The summed E-state index contributed by atoms with van der Waals surface area (Å²) in [6, 6.07) is 9.23. The molecule has 1 aliphatic rings. The van der Waals surface area contributed by atoms with Crippen LogP contribution in [0.15, 0.2) is 34.9 Å². The van der Waals surface area contributed by atoms with Crippen LogP contribution in [0.25, 0.3) is 0 Å². The summed E-state index contributed by atoms with van der Waals surface area (Å²) in [6.07, 6.45) is 2.63. The summed E-state index contributed by atoms with van der Waals surface area (Å²) in [5.74, 6) is 0.926. The van der Waals surface area contributed by atoms with Gasteiger partial charge in [-0.05, 0) is 45.2 Å². The maximum Gasteiger partial charge on any atom is 0.319 e. The van der Waals surface area contributed by atoms with Crippen LogP contribution in [0.5, 0.6) is 0 Å². The molecule has 0 radical (unpaired) electrons. The van der Waals surface area contributed by atoms with Crippen LogP contribution in [0, 0.1) is 13.8 Å². The number of rotatable bonds is 5. The zero-order valence-electron chi connectivity index (χ0n) is 15.8. The van der Waals surface area contributed by atoms with Crippen LogP contribution in [0.4, 0.5) is 10.5 Å². The lowest BCUT2D eigenvalue weighted by Gasteiger charge is -2.32. The molecule has 3 amide bonds. The number of carbonyl (C=O) groups is 2. The van der Waals surface area contributed by atoms with Crippen LogP contribution < -0.4 is 10.6 Å². The lowest BCUT2D eigenvalue weighted by molar-refractivity contribution is -0.132.